The van der Waals surface area contributed by atoms with E-state index in [0.29, 0.717) is 48.6 Å². The highest BCUT2D eigenvalue weighted by Gasteiger charge is 2.66. The highest BCUT2D eigenvalue weighted by Crippen LogP contribution is 2.54. The Balaban J connectivity index is 1.27. The fourth-order valence-corrected chi connectivity index (χ4v) is 9.80. The second-order valence-corrected chi connectivity index (χ2v) is 19.2. The lowest BCUT2D eigenvalue weighted by atomic mass is 9.67. The molecule has 0 bridgehead atoms. The number of alkyl halides is 4. The predicted molar refractivity (Wildman–Crippen MR) is 228 cm³/mol. The number of hydrogen-bond acceptors (Lipinski definition) is 7. The van der Waals surface area contributed by atoms with Crippen molar-refractivity contribution >= 4 is 53.0 Å². The maximum atomic E-state index is 14.9. The fourth-order valence-electron chi connectivity index (χ4n) is 9.60. The Kier molecular flexibility index (Phi) is 15.3. The average molecular weight is 924 g/mol. The third-order valence-electron chi connectivity index (χ3n) is 13.9. The minimum absolute atomic E-state index is 0.0167. The number of amides is 7. The van der Waals surface area contributed by atoms with Gasteiger partial charge in [-0.05, 0) is 107 Å². The van der Waals surface area contributed by atoms with Gasteiger partial charge in [0.05, 0.1) is 6.54 Å². The summed E-state index contributed by atoms with van der Waals surface area (Å²) in [5.74, 6) is -5.40. The molecule has 6 rings (SSSR count). The molecule has 7 amide bonds. The Morgan fingerprint density at radius 3 is 2.28 bits per heavy atom. The summed E-state index contributed by atoms with van der Waals surface area (Å²) in [5.41, 5.74) is -1.12. The maximum Gasteiger partial charge on any atom is 0.403 e. The second kappa shape index (κ2) is 19.9. The Morgan fingerprint density at radius 1 is 1.00 bits per heavy atom. The molecule has 1 aromatic carbocycles. The summed E-state index contributed by atoms with van der Waals surface area (Å²) in [4.78, 5) is 104. The lowest BCUT2D eigenvalue weighted by molar-refractivity contribution is -0.248. The van der Waals surface area contributed by atoms with E-state index in [4.69, 9.17) is 11.6 Å². The minimum Gasteiger partial charge on any atom is -0.354 e. The molecule has 1 aromatic rings. The van der Waals surface area contributed by atoms with E-state index in [2.05, 4.69) is 16.0 Å². The molecule has 2 saturated carbocycles. The number of fused-ring (bicyclic) bond motifs is 1. The Hall–Kier alpha value is -4.48. The second-order valence-electron chi connectivity index (χ2n) is 18.8. The van der Waals surface area contributed by atoms with Gasteiger partial charge in [0.2, 0.25) is 41.4 Å². The molecule has 2 aliphatic carbocycles. The first kappa shape index (κ1) is 49.0. The van der Waals surface area contributed by atoms with Gasteiger partial charge >= 0.3 is 6.18 Å². The van der Waals surface area contributed by atoms with Gasteiger partial charge in [-0.2, -0.15) is 13.2 Å². The molecule has 0 aromatic heterocycles. The molecule has 5 fully saturated rings. The van der Waals surface area contributed by atoms with E-state index in [1.54, 1.807) is 19.1 Å². The Bertz CT molecular complexity index is 1960. The number of likely N-dealkylation sites (tertiary alicyclic amines) is 1. The smallest absolute Gasteiger partial charge is 0.354 e. The minimum atomic E-state index is -4.89. The van der Waals surface area contributed by atoms with Crippen molar-refractivity contribution in [1.29, 1.82) is 0 Å². The van der Waals surface area contributed by atoms with Crippen molar-refractivity contribution in [3.05, 3.63) is 34.3 Å². The number of carbonyl (C=O) groups is 7. The van der Waals surface area contributed by atoms with Gasteiger partial charge in [-0.1, -0.05) is 37.9 Å². The SMILES string of the molecule is CCN(C(=O)[C@@H](NC(=O)[C@@H]1C[C@@H](F)CN1C(=O)C1(C(F)(F)F)CCC1)C1CC1)[C@H]1CCCCNC(=O)[C@H]2CCN2C(=O)[C@H](Cc2cc(Cl)ccc2C)N(C)C(=O)[C@H](CC(C)C)NC1=O. The molecule has 3 aliphatic heterocycles. The Labute approximate surface area is 376 Å². The van der Waals surface area contributed by atoms with Crippen LogP contribution >= 0.6 is 11.6 Å². The number of nitrogens with zero attached hydrogens (tertiary/aromatic N) is 4. The summed E-state index contributed by atoms with van der Waals surface area (Å²) in [6.45, 7) is 7.11. The third-order valence-corrected chi connectivity index (χ3v) is 14.1. The molecule has 14 nitrogen and oxygen atoms in total. The number of carbonyl (C=O) groups excluding carboxylic acids is 7. The summed E-state index contributed by atoms with van der Waals surface area (Å²) in [6.07, 6.45) is -5.33. The van der Waals surface area contributed by atoms with Crippen molar-refractivity contribution in [3.8, 4) is 0 Å². The topological polar surface area (TPSA) is 169 Å². The molecule has 354 valence electrons. The van der Waals surface area contributed by atoms with Gasteiger partial charge in [0, 0.05) is 44.5 Å². The number of nitrogens with one attached hydrogen (secondary N) is 3. The predicted octanol–water partition coefficient (Wildman–Crippen LogP) is 4.23. The molecule has 5 aliphatic rings. The van der Waals surface area contributed by atoms with E-state index in [9.17, 15) is 51.1 Å². The first-order valence-electron chi connectivity index (χ1n) is 22.7. The van der Waals surface area contributed by atoms with E-state index in [-0.39, 0.29) is 56.5 Å². The van der Waals surface area contributed by atoms with E-state index < -0.39 is 115 Å². The zero-order chi connectivity index (χ0) is 46.8. The number of likely N-dealkylation sites (N-methyl/N-ethyl adjacent to an activating group) is 2. The van der Waals surface area contributed by atoms with Crippen molar-refractivity contribution in [1.82, 2.24) is 35.6 Å². The van der Waals surface area contributed by atoms with Crippen molar-refractivity contribution in [2.45, 2.75) is 153 Å². The van der Waals surface area contributed by atoms with Gasteiger partial charge in [-0.25, -0.2) is 4.39 Å². The monoisotopic (exact) mass is 923 g/mol. The normalized spacial score (nSPS) is 27.5. The van der Waals surface area contributed by atoms with Crippen LogP contribution in [0.5, 0.6) is 0 Å². The van der Waals surface area contributed by atoms with Crippen LogP contribution in [0.25, 0.3) is 0 Å². The van der Waals surface area contributed by atoms with Crippen LogP contribution in [0.1, 0.15) is 103 Å². The van der Waals surface area contributed by atoms with E-state index in [1.165, 1.54) is 21.7 Å². The van der Waals surface area contributed by atoms with Gasteiger partial charge in [0.15, 0.2) is 0 Å². The maximum absolute atomic E-state index is 14.9. The molecule has 64 heavy (non-hydrogen) atoms. The standard InChI is InChI=1S/C45H62ClF4N7O7/c1-6-55(42(63)36(27-12-13-27)53-39(60)34-23-30(47)24-57(34)43(64)44(16-9-17-44)45(48,49)50)32-10-7-8-18-51-37(58)33-15-19-56(33)41(62)35(22-28-21-29(46)14-11-26(28)4)54(5)40(61)31(20-25(2)3)52-38(32)59/h11,14,21,25,27,30-36H,6-10,12-13,15-20,22-24H2,1-5H3,(H,51,58)(H,52,59)(H,53,60)/t30-,31+,32+,33-,34+,35+,36+/m1/s1. The van der Waals surface area contributed by atoms with Crippen molar-refractivity contribution in [2.75, 3.05) is 33.2 Å². The highest BCUT2D eigenvalue weighted by molar-refractivity contribution is 6.30. The summed E-state index contributed by atoms with van der Waals surface area (Å²) < 4.78 is 57.5. The van der Waals surface area contributed by atoms with Gasteiger partial charge in [0.1, 0.15) is 47.8 Å². The van der Waals surface area contributed by atoms with Crippen LogP contribution in [0.4, 0.5) is 17.6 Å². The summed E-state index contributed by atoms with van der Waals surface area (Å²) in [6, 6.07) is -1.66. The molecule has 0 spiro atoms. The summed E-state index contributed by atoms with van der Waals surface area (Å²) in [5, 5.41) is 8.91. The van der Waals surface area contributed by atoms with Crippen molar-refractivity contribution in [3.63, 3.8) is 0 Å². The lowest BCUT2D eigenvalue weighted by Gasteiger charge is -2.44. The zero-order valence-corrected chi connectivity index (χ0v) is 38.0. The van der Waals surface area contributed by atoms with E-state index in [1.807, 2.05) is 26.8 Å². The molecule has 0 radical (unpaired) electrons. The largest absolute Gasteiger partial charge is 0.403 e. The van der Waals surface area contributed by atoms with Gasteiger partial charge in [-0.3, -0.25) is 33.6 Å². The molecule has 3 N–H and O–H groups in total. The molecule has 3 heterocycles. The van der Waals surface area contributed by atoms with Crippen LogP contribution in [-0.4, -0.2) is 143 Å². The Morgan fingerprint density at radius 2 is 1.70 bits per heavy atom. The summed E-state index contributed by atoms with van der Waals surface area (Å²) >= 11 is 6.36. The first-order valence-corrected chi connectivity index (χ1v) is 23.1. The van der Waals surface area contributed by atoms with Crippen LogP contribution in [0.3, 0.4) is 0 Å². The van der Waals surface area contributed by atoms with Gasteiger partial charge in [0.25, 0.3) is 0 Å². The number of benzene rings is 1. The van der Waals surface area contributed by atoms with E-state index in [0.717, 1.165) is 11.1 Å². The van der Waals surface area contributed by atoms with E-state index >= 15 is 0 Å². The van der Waals surface area contributed by atoms with Crippen LogP contribution in [0.15, 0.2) is 18.2 Å². The highest BCUT2D eigenvalue weighted by atomic mass is 35.5. The number of aryl methyl sites for hydroxylation is 1. The molecular weight excluding hydrogens is 862 g/mol. The molecular formula is C45H62ClF4N7O7. The molecule has 7 atom stereocenters. The lowest BCUT2D eigenvalue weighted by Crippen LogP contribution is -2.64. The molecule has 0 unspecified atom stereocenters. The van der Waals surface area contributed by atoms with Crippen LogP contribution < -0.4 is 16.0 Å². The quantitative estimate of drug-likeness (QED) is 0.279. The fraction of sp³-hybridized carbons (Fsp3) is 0.711. The van der Waals surface area contributed by atoms with Gasteiger partial charge < -0.3 is 35.6 Å². The number of halogens is 5. The van der Waals surface area contributed by atoms with Gasteiger partial charge in [-0.15, -0.1) is 0 Å². The molecule has 19 heteroatoms. The number of rotatable bonds is 11. The average Bonchev–Trinajstić information content (AvgIpc) is 3.95. The van der Waals surface area contributed by atoms with Crippen molar-refractivity contribution in [2.24, 2.45) is 17.3 Å². The summed E-state index contributed by atoms with van der Waals surface area (Å²) in [7, 11) is 1.49. The van der Waals surface area contributed by atoms with Crippen molar-refractivity contribution < 1.29 is 51.1 Å². The zero-order valence-electron chi connectivity index (χ0n) is 37.3. The van der Waals surface area contributed by atoms with Crippen LogP contribution in [0.2, 0.25) is 5.02 Å². The third kappa shape index (κ3) is 10.3. The first-order chi connectivity index (χ1) is 30.2. The number of hydrogen-bond donors (Lipinski definition) is 3. The van der Waals surface area contributed by atoms with Crippen LogP contribution in [0, 0.1) is 24.2 Å². The van der Waals surface area contributed by atoms with Crippen LogP contribution in [-0.2, 0) is 40.0 Å². The molecule has 3 saturated heterocycles.